The van der Waals surface area contributed by atoms with Crippen LogP contribution in [0.2, 0.25) is 0 Å². The van der Waals surface area contributed by atoms with E-state index >= 15 is 0 Å². The zero-order valence-corrected chi connectivity index (χ0v) is 15.1. The van der Waals surface area contributed by atoms with Gasteiger partial charge in [0.25, 0.3) is 5.56 Å². The highest BCUT2D eigenvalue weighted by Crippen LogP contribution is 2.32. The first-order chi connectivity index (χ1) is 13.2. The van der Waals surface area contributed by atoms with Crippen molar-refractivity contribution in [3.8, 4) is 11.4 Å². The Labute approximate surface area is 156 Å². The van der Waals surface area contributed by atoms with Gasteiger partial charge in [-0.05, 0) is 43.5 Å². The minimum Gasteiger partial charge on any atom is -0.356 e. The molecule has 1 saturated heterocycles. The molecule has 27 heavy (non-hydrogen) atoms. The molecule has 136 valence electrons. The van der Waals surface area contributed by atoms with E-state index in [9.17, 15) is 4.79 Å². The topological polar surface area (TPSA) is 61.9 Å². The number of hydrogen-bond donors (Lipinski definition) is 0. The van der Waals surface area contributed by atoms with Crippen molar-refractivity contribution in [3.63, 3.8) is 0 Å². The van der Waals surface area contributed by atoms with Crippen molar-refractivity contribution >= 4 is 21.9 Å². The molecular formula is C21H20N4O2. The second-order valence-corrected chi connectivity index (χ2v) is 6.96. The summed E-state index contributed by atoms with van der Waals surface area (Å²) in [6.07, 6.45) is 3.20. The van der Waals surface area contributed by atoms with Crippen LogP contribution < -0.4 is 5.56 Å². The monoisotopic (exact) mass is 360 g/mol. The number of rotatable bonds is 2. The van der Waals surface area contributed by atoms with Gasteiger partial charge in [0.15, 0.2) is 6.23 Å². The van der Waals surface area contributed by atoms with Crippen molar-refractivity contribution in [1.29, 1.82) is 0 Å². The van der Waals surface area contributed by atoms with Gasteiger partial charge >= 0.3 is 0 Å². The molecule has 6 nitrogen and oxygen atoms in total. The van der Waals surface area contributed by atoms with E-state index < -0.39 is 0 Å². The summed E-state index contributed by atoms with van der Waals surface area (Å²) in [6.45, 7) is 0.774. The standard InChI is InChI=1S/C21H20N4O2/c1-24-18-11-9-16(22-15(18)10-12-19(24)26)21-14-6-2-3-7-17(14)25(23-21)20-8-4-5-13-27-20/h2-3,6-7,9-12,20H,4-5,8,13H2,1H3. The molecule has 0 aliphatic carbocycles. The summed E-state index contributed by atoms with van der Waals surface area (Å²) in [4.78, 5) is 16.6. The molecule has 4 aromatic rings. The van der Waals surface area contributed by atoms with Gasteiger partial charge in [-0.2, -0.15) is 5.10 Å². The minimum atomic E-state index is -0.0405. The van der Waals surface area contributed by atoms with Crippen molar-refractivity contribution < 1.29 is 4.74 Å². The Morgan fingerprint density at radius 2 is 1.93 bits per heavy atom. The number of aryl methyl sites for hydroxylation is 1. The van der Waals surface area contributed by atoms with Gasteiger partial charge < -0.3 is 9.30 Å². The first-order valence-corrected chi connectivity index (χ1v) is 9.28. The highest BCUT2D eigenvalue weighted by Gasteiger charge is 2.22. The van der Waals surface area contributed by atoms with E-state index in [4.69, 9.17) is 14.8 Å². The maximum absolute atomic E-state index is 11.8. The highest BCUT2D eigenvalue weighted by atomic mass is 16.5. The Bertz CT molecular complexity index is 1200. The first kappa shape index (κ1) is 16.2. The lowest BCUT2D eigenvalue weighted by Gasteiger charge is -2.23. The number of fused-ring (bicyclic) bond motifs is 2. The minimum absolute atomic E-state index is 0.0290. The number of pyridine rings is 2. The van der Waals surface area contributed by atoms with Gasteiger partial charge in [-0.3, -0.25) is 4.79 Å². The van der Waals surface area contributed by atoms with Crippen LogP contribution in [0.3, 0.4) is 0 Å². The molecule has 0 radical (unpaired) electrons. The van der Waals surface area contributed by atoms with E-state index in [2.05, 4.69) is 12.1 Å². The summed E-state index contributed by atoms with van der Waals surface area (Å²) in [5, 5.41) is 5.95. The molecule has 1 fully saturated rings. The smallest absolute Gasteiger partial charge is 0.250 e. The van der Waals surface area contributed by atoms with Crippen LogP contribution in [0.15, 0.2) is 53.3 Å². The summed E-state index contributed by atoms with van der Waals surface area (Å²) in [6, 6.07) is 15.4. The lowest BCUT2D eigenvalue weighted by atomic mass is 10.1. The molecule has 1 unspecified atom stereocenters. The van der Waals surface area contributed by atoms with E-state index in [0.29, 0.717) is 0 Å². The quantitative estimate of drug-likeness (QED) is 0.547. The Morgan fingerprint density at radius 1 is 1.04 bits per heavy atom. The number of para-hydroxylation sites is 1. The third kappa shape index (κ3) is 2.64. The summed E-state index contributed by atoms with van der Waals surface area (Å²) in [7, 11) is 1.76. The Hall–Kier alpha value is -2.99. The van der Waals surface area contributed by atoms with E-state index in [-0.39, 0.29) is 11.8 Å². The Kier molecular flexibility index (Phi) is 3.79. The zero-order valence-electron chi connectivity index (χ0n) is 15.1. The number of ether oxygens (including phenoxy) is 1. The van der Waals surface area contributed by atoms with Crippen molar-refractivity contribution in [2.24, 2.45) is 7.05 Å². The SMILES string of the molecule is Cn1c(=O)ccc2nc(-c3nn(C4CCCCO4)c4ccccc34)ccc21. The lowest BCUT2D eigenvalue weighted by molar-refractivity contribution is -0.0365. The molecule has 0 bridgehead atoms. The van der Waals surface area contributed by atoms with E-state index in [0.717, 1.165) is 59.2 Å². The van der Waals surface area contributed by atoms with Gasteiger partial charge in [0, 0.05) is 25.1 Å². The third-order valence-electron chi connectivity index (χ3n) is 5.26. The van der Waals surface area contributed by atoms with Crippen molar-refractivity contribution in [3.05, 3.63) is 58.9 Å². The Balaban J connectivity index is 1.70. The van der Waals surface area contributed by atoms with E-state index in [1.807, 2.05) is 28.9 Å². The molecular weight excluding hydrogens is 340 g/mol. The maximum Gasteiger partial charge on any atom is 0.250 e. The van der Waals surface area contributed by atoms with Crippen LogP contribution >= 0.6 is 0 Å². The van der Waals surface area contributed by atoms with Crippen LogP contribution in [-0.2, 0) is 11.8 Å². The first-order valence-electron chi connectivity index (χ1n) is 9.28. The van der Waals surface area contributed by atoms with Crippen LogP contribution in [-0.4, -0.2) is 25.9 Å². The van der Waals surface area contributed by atoms with Crippen LogP contribution in [0, 0.1) is 0 Å². The number of aromatic nitrogens is 4. The summed E-state index contributed by atoms with van der Waals surface area (Å²) in [5.74, 6) is 0. The fourth-order valence-electron chi connectivity index (χ4n) is 3.80. The highest BCUT2D eigenvalue weighted by molar-refractivity contribution is 5.93. The number of benzene rings is 1. The molecule has 1 atom stereocenters. The van der Waals surface area contributed by atoms with Gasteiger partial charge in [0.2, 0.25) is 0 Å². The average molecular weight is 360 g/mol. The summed E-state index contributed by atoms with van der Waals surface area (Å²) in [5.41, 5.74) is 4.25. The van der Waals surface area contributed by atoms with Crippen LogP contribution in [0.25, 0.3) is 33.3 Å². The molecule has 1 aliphatic heterocycles. The second-order valence-electron chi connectivity index (χ2n) is 6.96. The maximum atomic E-state index is 11.8. The van der Waals surface area contributed by atoms with Gasteiger partial charge in [0.05, 0.1) is 22.2 Å². The molecule has 1 aromatic carbocycles. The molecule has 5 rings (SSSR count). The molecule has 0 saturated carbocycles. The van der Waals surface area contributed by atoms with Crippen molar-refractivity contribution in [1.82, 2.24) is 19.3 Å². The van der Waals surface area contributed by atoms with Gasteiger partial charge in [-0.25, -0.2) is 9.67 Å². The van der Waals surface area contributed by atoms with Crippen molar-refractivity contribution in [2.75, 3.05) is 6.61 Å². The average Bonchev–Trinajstić information content (AvgIpc) is 3.11. The molecule has 6 heteroatoms. The molecule has 3 aromatic heterocycles. The third-order valence-corrected chi connectivity index (χ3v) is 5.26. The number of nitrogens with zero attached hydrogens (tertiary/aromatic N) is 4. The van der Waals surface area contributed by atoms with Gasteiger partial charge in [0.1, 0.15) is 5.69 Å². The molecule has 1 aliphatic rings. The summed E-state index contributed by atoms with van der Waals surface area (Å²) < 4.78 is 9.57. The van der Waals surface area contributed by atoms with E-state index in [1.54, 1.807) is 23.7 Å². The fraction of sp³-hybridized carbons (Fsp3) is 0.286. The molecule has 4 heterocycles. The Morgan fingerprint density at radius 3 is 2.78 bits per heavy atom. The van der Waals surface area contributed by atoms with Crippen LogP contribution in [0.5, 0.6) is 0 Å². The normalized spacial score (nSPS) is 17.6. The van der Waals surface area contributed by atoms with Crippen LogP contribution in [0.1, 0.15) is 25.5 Å². The largest absolute Gasteiger partial charge is 0.356 e. The predicted octanol–water partition coefficient (Wildman–Crippen LogP) is 3.65. The number of hydrogen-bond acceptors (Lipinski definition) is 4. The van der Waals surface area contributed by atoms with Crippen LogP contribution in [0.4, 0.5) is 0 Å². The van der Waals surface area contributed by atoms with E-state index in [1.165, 1.54) is 0 Å². The predicted molar refractivity (Wildman–Crippen MR) is 105 cm³/mol. The second kappa shape index (κ2) is 6.32. The summed E-state index contributed by atoms with van der Waals surface area (Å²) >= 11 is 0. The zero-order chi connectivity index (χ0) is 18.4. The van der Waals surface area contributed by atoms with Gasteiger partial charge in [-0.15, -0.1) is 0 Å². The molecule has 0 N–H and O–H groups in total. The fourth-order valence-corrected chi connectivity index (χ4v) is 3.80. The van der Waals surface area contributed by atoms with Crippen molar-refractivity contribution in [2.45, 2.75) is 25.5 Å². The molecule has 0 spiro atoms. The molecule has 0 amide bonds. The van der Waals surface area contributed by atoms with Gasteiger partial charge in [-0.1, -0.05) is 18.2 Å². The lowest BCUT2D eigenvalue weighted by Crippen LogP contribution is -2.19.